The van der Waals surface area contributed by atoms with Crippen molar-refractivity contribution >= 4 is 27.8 Å². The second-order valence-electron chi connectivity index (χ2n) is 4.53. The molecule has 0 amide bonds. The van der Waals surface area contributed by atoms with Gasteiger partial charge in [-0.05, 0) is 17.7 Å². The fraction of sp³-hybridized carbons (Fsp3) is 0.308. The van der Waals surface area contributed by atoms with E-state index in [9.17, 15) is 24.6 Å². The molecule has 2 atom stereocenters. The molecule has 0 bridgehead atoms. The molecule has 0 radical (unpaired) electrons. The summed E-state index contributed by atoms with van der Waals surface area (Å²) in [5.74, 6) is 0.0521. The van der Waals surface area contributed by atoms with Gasteiger partial charge in [-0.15, -0.1) is 0 Å². The van der Waals surface area contributed by atoms with Gasteiger partial charge in [0.1, 0.15) is 6.10 Å². The Morgan fingerprint density at radius 2 is 2.00 bits per heavy atom. The minimum absolute atomic E-state index is 0.0521. The number of nitrogens with one attached hydrogen (secondary N) is 2. The maximum Gasteiger partial charge on any atom is 0.326 e. The quantitative estimate of drug-likeness (QED) is 0.625. The molecule has 2 aromatic rings. The van der Waals surface area contributed by atoms with E-state index in [1.54, 1.807) is 0 Å². The summed E-state index contributed by atoms with van der Waals surface area (Å²) in [7, 11) is 0. The molecule has 0 aliphatic heterocycles. The Labute approximate surface area is 123 Å². The molecule has 0 saturated heterocycles. The van der Waals surface area contributed by atoms with Crippen LogP contribution >= 0.6 is 11.8 Å². The van der Waals surface area contributed by atoms with Crippen molar-refractivity contribution < 1.29 is 15.0 Å². The van der Waals surface area contributed by atoms with Crippen LogP contribution in [0, 0.1) is 0 Å². The highest BCUT2D eigenvalue weighted by molar-refractivity contribution is 8.13. The number of aromatic amines is 2. The Morgan fingerprint density at radius 3 is 2.67 bits per heavy atom. The zero-order valence-electron chi connectivity index (χ0n) is 11.1. The Kier molecular flexibility index (Phi) is 4.61. The molecule has 1 heterocycles. The van der Waals surface area contributed by atoms with Crippen LogP contribution in [-0.2, 0) is 4.79 Å². The number of H-pyrrole nitrogens is 2. The van der Waals surface area contributed by atoms with E-state index in [2.05, 4.69) is 9.97 Å². The van der Waals surface area contributed by atoms with Gasteiger partial charge in [0.2, 0.25) is 0 Å². The van der Waals surface area contributed by atoms with Crippen LogP contribution in [-0.4, -0.2) is 37.2 Å². The van der Waals surface area contributed by atoms with Gasteiger partial charge >= 0.3 is 5.69 Å². The number of aliphatic hydroxyl groups excluding tert-OH is 2. The van der Waals surface area contributed by atoms with E-state index in [0.717, 1.165) is 11.8 Å². The normalized spacial score (nSPS) is 14.0. The number of carbonyl (C=O) groups excluding carboxylic acids is 1. The molecular formula is C13H14N2O5S. The molecule has 0 saturated carbocycles. The minimum Gasteiger partial charge on any atom is -0.389 e. The lowest BCUT2D eigenvalue weighted by Gasteiger charge is -2.17. The van der Waals surface area contributed by atoms with Crippen LogP contribution in [0.4, 0.5) is 0 Å². The van der Waals surface area contributed by atoms with Gasteiger partial charge in [0, 0.05) is 12.7 Å². The Bertz CT molecular complexity index is 782. The summed E-state index contributed by atoms with van der Waals surface area (Å²) in [6.07, 6.45) is -2.37. The summed E-state index contributed by atoms with van der Waals surface area (Å²) >= 11 is 0.907. The molecule has 0 spiro atoms. The molecular weight excluding hydrogens is 296 g/mol. The van der Waals surface area contributed by atoms with Crippen LogP contribution < -0.4 is 11.2 Å². The van der Waals surface area contributed by atoms with Gasteiger partial charge < -0.3 is 15.2 Å². The van der Waals surface area contributed by atoms with Crippen LogP contribution in [0.1, 0.15) is 18.6 Å². The number of hydrogen-bond donors (Lipinski definition) is 4. The summed E-state index contributed by atoms with van der Waals surface area (Å²) in [4.78, 5) is 38.2. The summed E-state index contributed by atoms with van der Waals surface area (Å²) in [5.41, 5.74) is -0.516. The van der Waals surface area contributed by atoms with E-state index >= 15 is 0 Å². The average Bonchev–Trinajstić information content (AvgIpc) is 2.43. The van der Waals surface area contributed by atoms with Crippen LogP contribution in [0.5, 0.6) is 0 Å². The molecule has 112 valence electrons. The summed E-state index contributed by atoms with van der Waals surface area (Å²) in [6.45, 7) is 1.37. The second kappa shape index (κ2) is 6.25. The first kappa shape index (κ1) is 15.5. The maximum atomic E-state index is 11.7. The molecule has 4 N–H and O–H groups in total. The molecule has 1 aromatic carbocycles. The van der Waals surface area contributed by atoms with Crippen LogP contribution in [0.15, 0.2) is 27.8 Å². The van der Waals surface area contributed by atoms with Gasteiger partial charge in [0.05, 0.1) is 17.0 Å². The second-order valence-corrected chi connectivity index (χ2v) is 5.72. The molecule has 7 nitrogen and oxygen atoms in total. The standard InChI is InChI=1S/C13H14N2O5S/c1-6(16)21-5-10(17)11(18)7-2-3-9-8(4-7)12(19)15-13(20)14-9/h2-4,10-11,17-18H,5H2,1H3,(H2,14,15,19,20). The van der Waals surface area contributed by atoms with Crippen molar-refractivity contribution in [1.29, 1.82) is 0 Å². The third kappa shape index (κ3) is 3.60. The molecule has 0 fully saturated rings. The lowest BCUT2D eigenvalue weighted by Crippen LogP contribution is -2.24. The highest BCUT2D eigenvalue weighted by atomic mass is 32.2. The van der Waals surface area contributed by atoms with E-state index in [1.807, 2.05) is 0 Å². The molecule has 8 heteroatoms. The van der Waals surface area contributed by atoms with Crippen LogP contribution in [0.25, 0.3) is 10.9 Å². The van der Waals surface area contributed by atoms with Crippen LogP contribution in [0.2, 0.25) is 0 Å². The monoisotopic (exact) mass is 310 g/mol. The number of hydrogen-bond acceptors (Lipinski definition) is 6. The Hall–Kier alpha value is -1.90. The SMILES string of the molecule is CC(=O)SCC(O)C(O)c1ccc2[nH]c(=O)[nH]c(=O)c2c1. The van der Waals surface area contributed by atoms with Gasteiger partial charge in [-0.25, -0.2) is 4.79 Å². The number of fused-ring (bicyclic) bond motifs is 1. The van der Waals surface area contributed by atoms with Crippen molar-refractivity contribution in [3.8, 4) is 0 Å². The van der Waals surface area contributed by atoms with E-state index in [1.165, 1.54) is 25.1 Å². The number of thioether (sulfide) groups is 1. The molecule has 1 aromatic heterocycles. The fourth-order valence-corrected chi connectivity index (χ4v) is 2.47. The smallest absolute Gasteiger partial charge is 0.326 e. The Balaban J connectivity index is 2.32. The Morgan fingerprint density at radius 1 is 1.29 bits per heavy atom. The van der Waals surface area contributed by atoms with Gasteiger partial charge in [0.25, 0.3) is 5.56 Å². The molecule has 2 unspecified atom stereocenters. The summed E-state index contributed by atoms with van der Waals surface area (Å²) in [5, 5.41) is 19.9. The van der Waals surface area contributed by atoms with Gasteiger partial charge in [-0.2, -0.15) is 0 Å². The number of aliphatic hydroxyl groups is 2. The minimum atomic E-state index is -1.23. The summed E-state index contributed by atoms with van der Waals surface area (Å²) < 4.78 is 0. The highest BCUT2D eigenvalue weighted by Crippen LogP contribution is 2.22. The number of rotatable bonds is 4. The molecule has 2 rings (SSSR count). The largest absolute Gasteiger partial charge is 0.389 e. The first-order valence-electron chi connectivity index (χ1n) is 6.14. The van der Waals surface area contributed by atoms with Crippen molar-refractivity contribution in [2.75, 3.05) is 5.75 Å². The first-order chi connectivity index (χ1) is 9.88. The van der Waals surface area contributed by atoms with Crippen molar-refractivity contribution in [2.45, 2.75) is 19.1 Å². The van der Waals surface area contributed by atoms with Crippen molar-refractivity contribution in [2.24, 2.45) is 0 Å². The maximum absolute atomic E-state index is 11.7. The number of carbonyl (C=O) groups is 1. The van der Waals surface area contributed by atoms with Crippen molar-refractivity contribution in [1.82, 2.24) is 9.97 Å². The first-order valence-corrected chi connectivity index (χ1v) is 7.13. The van der Waals surface area contributed by atoms with Gasteiger partial charge in [0.15, 0.2) is 5.12 Å². The van der Waals surface area contributed by atoms with E-state index < -0.39 is 23.5 Å². The van der Waals surface area contributed by atoms with E-state index in [4.69, 9.17) is 0 Å². The fourth-order valence-electron chi connectivity index (χ4n) is 1.88. The topological polar surface area (TPSA) is 123 Å². The van der Waals surface area contributed by atoms with Crippen LogP contribution in [0.3, 0.4) is 0 Å². The van der Waals surface area contributed by atoms with E-state index in [0.29, 0.717) is 11.1 Å². The lowest BCUT2D eigenvalue weighted by atomic mass is 10.0. The third-order valence-electron chi connectivity index (χ3n) is 2.93. The predicted octanol–water partition coefficient (Wildman–Crippen LogP) is -0.110. The van der Waals surface area contributed by atoms with Gasteiger partial charge in [-0.1, -0.05) is 17.8 Å². The zero-order valence-corrected chi connectivity index (χ0v) is 11.9. The van der Waals surface area contributed by atoms with Crippen molar-refractivity contribution in [3.05, 3.63) is 44.6 Å². The summed E-state index contributed by atoms with van der Waals surface area (Å²) in [6, 6.07) is 4.38. The molecule has 0 aliphatic rings. The lowest BCUT2D eigenvalue weighted by molar-refractivity contribution is -0.109. The highest BCUT2D eigenvalue weighted by Gasteiger charge is 2.19. The molecule has 0 aliphatic carbocycles. The average molecular weight is 310 g/mol. The number of benzene rings is 1. The predicted molar refractivity (Wildman–Crippen MR) is 79.3 cm³/mol. The third-order valence-corrected chi connectivity index (χ3v) is 3.84. The van der Waals surface area contributed by atoms with E-state index in [-0.39, 0.29) is 16.3 Å². The zero-order chi connectivity index (χ0) is 15.6. The number of aromatic nitrogens is 2. The van der Waals surface area contributed by atoms with Crippen molar-refractivity contribution in [3.63, 3.8) is 0 Å². The van der Waals surface area contributed by atoms with Gasteiger partial charge in [-0.3, -0.25) is 14.6 Å². The molecule has 21 heavy (non-hydrogen) atoms.